The smallest absolute Gasteiger partial charge is 0.321 e. The fourth-order valence-electron chi connectivity index (χ4n) is 2.57. The van der Waals surface area contributed by atoms with Gasteiger partial charge in [0, 0.05) is 11.3 Å². The molecule has 3 rings (SSSR count). The molecule has 2 N–H and O–H groups in total. The molecule has 150 valence electrons. The van der Waals surface area contributed by atoms with Gasteiger partial charge < -0.3 is 5.32 Å². The van der Waals surface area contributed by atoms with E-state index < -0.39 is 27.7 Å². The molecule has 1 amide bonds. The summed E-state index contributed by atoms with van der Waals surface area (Å²) in [6.07, 6.45) is -4.63. The number of carbonyl (C=O) groups excluding carboxylic acids is 1. The second-order valence-electron chi connectivity index (χ2n) is 6.00. The lowest BCUT2D eigenvalue weighted by Gasteiger charge is -2.14. The van der Waals surface area contributed by atoms with Gasteiger partial charge in [-0.3, -0.25) is 9.52 Å². The summed E-state index contributed by atoms with van der Waals surface area (Å²) < 4.78 is 66.4. The van der Waals surface area contributed by atoms with Crippen molar-refractivity contribution in [2.24, 2.45) is 0 Å². The molecule has 29 heavy (non-hydrogen) atoms. The SMILES string of the molecule is O=C(Nc1ccccc1C(F)(F)F)c1cccc(NS(=O)(=O)c2ccccc2)c1. The van der Waals surface area contributed by atoms with Crippen LogP contribution in [0.2, 0.25) is 0 Å². The Hall–Kier alpha value is -3.33. The molecule has 0 fully saturated rings. The molecule has 3 aromatic carbocycles. The fourth-order valence-corrected chi connectivity index (χ4v) is 3.64. The summed E-state index contributed by atoms with van der Waals surface area (Å²) in [5.41, 5.74) is -1.27. The third-order valence-corrected chi connectivity index (χ3v) is 5.31. The van der Waals surface area contributed by atoms with Crippen LogP contribution in [-0.2, 0) is 16.2 Å². The number of rotatable bonds is 5. The summed E-state index contributed by atoms with van der Waals surface area (Å²) in [5, 5.41) is 2.22. The average Bonchev–Trinajstić information content (AvgIpc) is 2.68. The summed E-state index contributed by atoms with van der Waals surface area (Å²) in [5.74, 6) is -0.803. The highest BCUT2D eigenvalue weighted by Crippen LogP contribution is 2.34. The molecule has 0 aliphatic rings. The van der Waals surface area contributed by atoms with Crippen molar-refractivity contribution in [2.75, 3.05) is 10.0 Å². The highest BCUT2D eigenvalue weighted by atomic mass is 32.2. The molecule has 3 aromatic rings. The van der Waals surface area contributed by atoms with Crippen LogP contribution >= 0.6 is 0 Å². The first-order valence-corrected chi connectivity index (χ1v) is 9.81. The molecule has 0 spiro atoms. The van der Waals surface area contributed by atoms with E-state index in [1.165, 1.54) is 48.5 Å². The van der Waals surface area contributed by atoms with Gasteiger partial charge in [-0.2, -0.15) is 13.2 Å². The number of amides is 1. The van der Waals surface area contributed by atoms with Gasteiger partial charge in [-0.05, 0) is 42.5 Å². The van der Waals surface area contributed by atoms with E-state index in [-0.39, 0.29) is 21.8 Å². The number of anilines is 2. The van der Waals surface area contributed by atoms with E-state index in [4.69, 9.17) is 0 Å². The maximum absolute atomic E-state index is 13.1. The summed E-state index contributed by atoms with van der Waals surface area (Å²) in [6.45, 7) is 0. The van der Waals surface area contributed by atoms with Gasteiger partial charge in [-0.25, -0.2) is 8.42 Å². The molecule has 0 radical (unpaired) electrons. The largest absolute Gasteiger partial charge is 0.418 e. The van der Waals surface area contributed by atoms with Crippen molar-refractivity contribution in [3.63, 3.8) is 0 Å². The number of para-hydroxylation sites is 1. The number of alkyl halides is 3. The van der Waals surface area contributed by atoms with E-state index in [1.54, 1.807) is 18.2 Å². The molecule has 0 atom stereocenters. The molecular formula is C20H15F3N2O3S. The maximum Gasteiger partial charge on any atom is 0.418 e. The summed E-state index contributed by atoms with van der Waals surface area (Å²) in [6, 6.07) is 17.7. The molecule has 0 aliphatic heterocycles. The molecule has 0 unspecified atom stereocenters. The van der Waals surface area contributed by atoms with Gasteiger partial charge in [0.15, 0.2) is 0 Å². The lowest BCUT2D eigenvalue weighted by atomic mass is 10.1. The number of nitrogens with one attached hydrogen (secondary N) is 2. The molecule has 0 bridgehead atoms. The third-order valence-electron chi connectivity index (χ3n) is 3.91. The van der Waals surface area contributed by atoms with Crippen LogP contribution in [0.3, 0.4) is 0 Å². The van der Waals surface area contributed by atoms with E-state index in [9.17, 15) is 26.4 Å². The molecule has 0 aromatic heterocycles. The first kappa shape index (κ1) is 20.4. The number of hydrogen-bond acceptors (Lipinski definition) is 3. The van der Waals surface area contributed by atoms with Gasteiger partial charge in [-0.15, -0.1) is 0 Å². The Labute approximate surface area is 165 Å². The number of hydrogen-bond donors (Lipinski definition) is 2. The first-order valence-electron chi connectivity index (χ1n) is 8.32. The van der Waals surface area contributed by atoms with E-state index in [0.29, 0.717) is 0 Å². The van der Waals surface area contributed by atoms with Crippen LogP contribution in [0.4, 0.5) is 24.5 Å². The van der Waals surface area contributed by atoms with Crippen molar-refractivity contribution in [3.8, 4) is 0 Å². The molecule has 0 saturated heterocycles. The van der Waals surface area contributed by atoms with Crippen LogP contribution in [0.15, 0.2) is 83.8 Å². The van der Waals surface area contributed by atoms with Crippen LogP contribution in [0.5, 0.6) is 0 Å². The summed E-state index contributed by atoms with van der Waals surface area (Å²) >= 11 is 0. The Morgan fingerprint density at radius 2 is 1.48 bits per heavy atom. The predicted molar refractivity (Wildman–Crippen MR) is 103 cm³/mol. The predicted octanol–water partition coefficient (Wildman–Crippen LogP) is 4.76. The number of halogens is 3. The zero-order valence-corrected chi connectivity index (χ0v) is 15.6. The Morgan fingerprint density at radius 3 is 2.17 bits per heavy atom. The highest BCUT2D eigenvalue weighted by molar-refractivity contribution is 7.92. The maximum atomic E-state index is 13.1. The van der Waals surface area contributed by atoms with Gasteiger partial charge >= 0.3 is 6.18 Å². The van der Waals surface area contributed by atoms with Crippen molar-refractivity contribution in [1.82, 2.24) is 0 Å². The molecular weight excluding hydrogens is 405 g/mol. The lowest BCUT2D eigenvalue weighted by Crippen LogP contribution is -2.17. The van der Waals surface area contributed by atoms with E-state index in [1.807, 2.05) is 0 Å². The zero-order chi connectivity index (χ0) is 21.1. The number of sulfonamides is 1. The zero-order valence-electron chi connectivity index (χ0n) is 14.8. The van der Waals surface area contributed by atoms with Crippen LogP contribution in [0, 0.1) is 0 Å². The number of carbonyl (C=O) groups is 1. The highest BCUT2D eigenvalue weighted by Gasteiger charge is 2.33. The lowest BCUT2D eigenvalue weighted by molar-refractivity contribution is -0.136. The Kier molecular flexibility index (Phi) is 5.60. The van der Waals surface area contributed by atoms with Crippen LogP contribution in [0.25, 0.3) is 0 Å². The molecule has 0 saturated carbocycles. The molecule has 9 heteroatoms. The minimum atomic E-state index is -4.63. The van der Waals surface area contributed by atoms with Crippen molar-refractivity contribution < 1.29 is 26.4 Å². The average molecular weight is 420 g/mol. The Bertz CT molecular complexity index is 1130. The van der Waals surface area contributed by atoms with Crippen LogP contribution in [-0.4, -0.2) is 14.3 Å². The van der Waals surface area contributed by atoms with Gasteiger partial charge in [0.2, 0.25) is 0 Å². The topological polar surface area (TPSA) is 75.3 Å². The van der Waals surface area contributed by atoms with E-state index in [2.05, 4.69) is 10.0 Å². The molecule has 5 nitrogen and oxygen atoms in total. The Morgan fingerprint density at radius 1 is 0.828 bits per heavy atom. The minimum Gasteiger partial charge on any atom is -0.321 e. The second kappa shape index (κ2) is 7.96. The first-order chi connectivity index (χ1) is 13.7. The van der Waals surface area contributed by atoms with Crippen molar-refractivity contribution in [1.29, 1.82) is 0 Å². The van der Waals surface area contributed by atoms with E-state index >= 15 is 0 Å². The van der Waals surface area contributed by atoms with Gasteiger partial charge in [-0.1, -0.05) is 36.4 Å². The van der Waals surface area contributed by atoms with Gasteiger partial charge in [0.05, 0.1) is 16.1 Å². The van der Waals surface area contributed by atoms with Crippen LogP contribution < -0.4 is 10.0 Å². The standard InChI is InChI=1S/C20H15F3N2O3S/c21-20(22,23)17-11-4-5-12-18(17)24-19(26)14-7-6-8-15(13-14)25-29(27,28)16-9-2-1-3-10-16/h1-13,25H,(H,24,26). The van der Waals surface area contributed by atoms with Crippen molar-refractivity contribution in [2.45, 2.75) is 11.1 Å². The summed E-state index contributed by atoms with van der Waals surface area (Å²) in [7, 11) is -3.87. The second-order valence-corrected chi connectivity index (χ2v) is 7.68. The molecule has 0 aliphatic carbocycles. The van der Waals surface area contributed by atoms with Crippen LogP contribution in [0.1, 0.15) is 15.9 Å². The summed E-state index contributed by atoms with van der Waals surface area (Å²) in [4.78, 5) is 12.5. The van der Waals surface area contributed by atoms with E-state index in [0.717, 1.165) is 12.1 Å². The number of benzene rings is 3. The fraction of sp³-hybridized carbons (Fsp3) is 0.0500. The molecule has 0 heterocycles. The monoisotopic (exact) mass is 420 g/mol. The van der Waals surface area contributed by atoms with Crippen molar-refractivity contribution >= 4 is 27.3 Å². The minimum absolute atomic E-state index is 0.00441. The van der Waals surface area contributed by atoms with Gasteiger partial charge in [0.25, 0.3) is 15.9 Å². The van der Waals surface area contributed by atoms with Gasteiger partial charge in [0.1, 0.15) is 0 Å². The quantitative estimate of drug-likeness (QED) is 0.625. The van der Waals surface area contributed by atoms with Crippen molar-refractivity contribution in [3.05, 3.63) is 90.0 Å². The third kappa shape index (κ3) is 4.94. The normalized spacial score (nSPS) is 11.7. The Balaban J connectivity index is 1.83.